The number of nitrogen functional groups attached to an aromatic ring is 1. The minimum atomic E-state index is 0.546. The molecule has 2 rings (SSSR count). The van der Waals surface area contributed by atoms with Crippen LogP contribution < -0.4 is 10.6 Å². The Morgan fingerprint density at radius 2 is 2.36 bits per heavy atom. The Morgan fingerprint density at radius 1 is 1.55 bits per heavy atom. The molecule has 11 heavy (non-hydrogen) atoms. The molecule has 0 radical (unpaired) electrons. The molecule has 2 heterocycles. The number of nitrogens with zero attached hydrogens (tertiary/aromatic N) is 4. The van der Waals surface area contributed by atoms with Crippen molar-refractivity contribution in [1.29, 1.82) is 0 Å². The molecule has 6 heteroatoms. The third-order valence-electron chi connectivity index (χ3n) is 1.42. The summed E-state index contributed by atoms with van der Waals surface area (Å²) in [5.41, 5.74) is 6.76. The lowest BCUT2D eigenvalue weighted by Gasteiger charge is -1.95. The fraction of sp³-hybridized carbons (Fsp3) is 0.200. The molecule has 6 nitrogen and oxygen atoms in total. The van der Waals surface area contributed by atoms with Crippen LogP contribution in [0.15, 0.2) is 12.5 Å². The average Bonchev–Trinajstić information content (AvgIpc) is 2.54. The largest absolute Gasteiger partial charge is 0.398 e. The van der Waals surface area contributed by atoms with Gasteiger partial charge in [0.2, 0.25) is 5.65 Å². The fourth-order valence-corrected chi connectivity index (χ4v) is 0.936. The van der Waals surface area contributed by atoms with Crippen LogP contribution >= 0.6 is 0 Å². The first-order valence-corrected chi connectivity index (χ1v) is 3.04. The summed E-state index contributed by atoms with van der Waals surface area (Å²) in [6.45, 7) is 0. The van der Waals surface area contributed by atoms with Gasteiger partial charge in [-0.3, -0.25) is 0 Å². The van der Waals surface area contributed by atoms with Gasteiger partial charge in [-0.25, -0.2) is 0 Å². The van der Waals surface area contributed by atoms with Crippen LogP contribution in [0.3, 0.4) is 0 Å². The molecule has 2 aromatic heterocycles. The van der Waals surface area contributed by atoms with E-state index in [0.29, 0.717) is 11.3 Å². The normalized spacial score (nSPS) is 10.6. The second-order valence-electron chi connectivity index (χ2n) is 2.05. The molecular weight excluding hydrogens is 146 g/mol. The highest BCUT2D eigenvalue weighted by molar-refractivity contribution is 5.62. The van der Waals surface area contributed by atoms with Crippen LogP contribution in [0.2, 0.25) is 0 Å². The van der Waals surface area contributed by atoms with Crippen LogP contribution in [-0.2, 0) is 0 Å². The van der Waals surface area contributed by atoms with Crippen molar-refractivity contribution < 1.29 is 4.84 Å². The first-order valence-electron chi connectivity index (χ1n) is 3.04. The van der Waals surface area contributed by atoms with Gasteiger partial charge in [0.15, 0.2) is 0 Å². The summed E-state index contributed by atoms with van der Waals surface area (Å²) in [6, 6.07) is 0. The van der Waals surface area contributed by atoms with Crippen LogP contribution in [0, 0.1) is 0 Å². The van der Waals surface area contributed by atoms with Crippen molar-refractivity contribution in [1.82, 2.24) is 19.6 Å². The Labute approximate surface area is 62.1 Å². The monoisotopic (exact) mass is 153 g/mol. The Kier molecular flexibility index (Phi) is 1.03. The highest BCUT2D eigenvalue weighted by Gasteiger charge is 2.06. The minimum absolute atomic E-state index is 0.546. The van der Waals surface area contributed by atoms with Crippen molar-refractivity contribution in [3.05, 3.63) is 12.5 Å². The highest BCUT2D eigenvalue weighted by atomic mass is 16.7. The Bertz CT molecular complexity index is 375. The summed E-state index contributed by atoms with van der Waals surface area (Å²) in [5.74, 6) is 0. The molecular formula is C5H7N5O. The van der Waals surface area contributed by atoms with E-state index in [9.17, 15) is 0 Å². The van der Waals surface area contributed by atoms with Gasteiger partial charge in [0.25, 0.3) is 0 Å². The van der Waals surface area contributed by atoms with Crippen LogP contribution in [0.4, 0.5) is 5.69 Å². The predicted molar refractivity (Wildman–Crippen MR) is 37.9 cm³/mol. The first kappa shape index (κ1) is 6.02. The van der Waals surface area contributed by atoms with Gasteiger partial charge in [-0.1, -0.05) is 4.85 Å². The van der Waals surface area contributed by atoms with Crippen molar-refractivity contribution in [2.24, 2.45) is 0 Å². The summed E-state index contributed by atoms with van der Waals surface area (Å²) < 4.78 is 1.54. The zero-order chi connectivity index (χ0) is 7.84. The molecule has 0 amide bonds. The number of aromatic nitrogens is 4. The van der Waals surface area contributed by atoms with E-state index in [-0.39, 0.29) is 0 Å². The maximum Gasteiger partial charge on any atom is 0.217 e. The number of fused-ring (bicyclic) bond motifs is 1. The van der Waals surface area contributed by atoms with Crippen LogP contribution in [0.25, 0.3) is 5.65 Å². The molecule has 0 bridgehead atoms. The van der Waals surface area contributed by atoms with E-state index in [4.69, 9.17) is 10.6 Å². The van der Waals surface area contributed by atoms with E-state index in [0.717, 1.165) is 0 Å². The molecule has 0 unspecified atom stereocenters. The molecule has 0 aliphatic carbocycles. The van der Waals surface area contributed by atoms with Gasteiger partial charge in [0.05, 0.1) is 6.20 Å². The van der Waals surface area contributed by atoms with E-state index in [1.54, 1.807) is 10.7 Å². The minimum Gasteiger partial charge on any atom is -0.398 e. The molecule has 2 N–H and O–H groups in total. The number of nitrogens with two attached hydrogens (primary N) is 1. The lowest BCUT2D eigenvalue weighted by molar-refractivity contribution is 0.145. The molecule has 58 valence electrons. The second kappa shape index (κ2) is 1.88. The maximum atomic E-state index is 5.57. The molecule has 0 saturated heterocycles. The van der Waals surface area contributed by atoms with Crippen molar-refractivity contribution in [3.63, 3.8) is 0 Å². The van der Waals surface area contributed by atoms with Crippen molar-refractivity contribution in [2.75, 3.05) is 12.8 Å². The Hall–Kier alpha value is -1.72. The number of hydrogen-bond acceptors (Lipinski definition) is 4. The Morgan fingerprint density at radius 3 is 3.09 bits per heavy atom. The van der Waals surface area contributed by atoms with Gasteiger partial charge < -0.3 is 10.6 Å². The molecule has 0 atom stereocenters. The number of rotatable bonds is 1. The Balaban J connectivity index is 2.80. The van der Waals surface area contributed by atoms with E-state index in [1.165, 1.54) is 18.3 Å². The molecule has 0 aliphatic heterocycles. The van der Waals surface area contributed by atoms with Gasteiger partial charge in [-0.15, -0.1) is 5.10 Å². The summed E-state index contributed by atoms with van der Waals surface area (Å²) >= 11 is 0. The fourth-order valence-electron chi connectivity index (χ4n) is 0.936. The molecule has 0 aromatic carbocycles. The smallest absolute Gasteiger partial charge is 0.217 e. The maximum absolute atomic E-state index is 5.57. The van der Waals surface area contributed by atoms with E-state index >= 15 is 0 Å². The molecule has 0 fully saturated rings. The van der Waals surface area contributed by atoms with E-state index in [2.05, 4.69) is 10.2 Å². The summed E-state index contributed by atoms with van der Waals surface area (Å²) in [5, 5.41) is 7.76. The van der Waals surface area contributed by atoms with Crippen molar-refractivity contribution in [3.8, 4) is 0 Å². The molecule has 0 saturated carbocycles. The molecule has 2 aromatic rings. The number of anilines is 1. The van der Waals surface area contributed by atoms with Crippen molar-refractivity contribution in [2.45, 2.75) is 0 Å². The quantitative estimate of drug-likeness (QED) is 0.580. The topological polar surface area (TPSA) is 70.4 Å². The number of hydrogen-bond donors (Lipinski definition) is 1. The zero-order valence-corrected chi connectivity index (χ0v) is 5.93. The van der Waals surface area contributed by atoms with Gasteiger partial charge in [0, 0.05) is 0 Å². The average molecular weight is 153 g/mol. The summed E-state index contributed by atoms with van der Waals surface area (Å²) in [7, 11) is 1.51. The van der Waals surface area contributed by atoms with E-state index < -0.39 is 0 Å². The first-order chi connectivity index (χ1) is 5.33. The third kappa shape index (κ3) is 0.658. The molecule has 0 aliphatic rings. The van der Waals surface area contributed by atoms with Crippen LogP contribution in [0.5, 0.6) is 0 Å². The van der Waals surface area contributed by atoms with Gasteiger partial charge in [-0.2, -0.15) is 9.61 Å². The van der Waals surface area contributed by atoms with Crippen LogP contribution in [0.1, 0.15) is 0 Å². The van der Waals surface area contributed by atoms with Gasteiger partial charge >= 0.3 is 0 Å². The van der Waals surface area contributed by atoms with Gasteiger partial charge in [-0.05, 0) is 0 Å². The lowest BCUT2D eigenvalue weighted by Crippen LogP contribution is -2.07. The molecule has 0 spiro atoms. The van der Waals surface area contributed by atoms with Gasteiger partial charge in [0.1, 0.15) is 19.1 Å². The zero-order valence-electron chi connectivity index (χ0n) is 5.93. The standard InChI is InChI=1S/C5H7N5O/c1-11-10-5-4(6)2-7-9(5)3-8-10/h2-3H,6H2,1H3. The SMILES string of the molecule is COn1ncn2ncc(N)c12. The van der Waals surface area contributed by atoms with Crippen molar-refractivity contribution >= 4 is 11.3 Å². The highest BCUT2D eigenvalue weighted by Crippen LogP contribution is 2.09. The second-order valence-corrected chi connectivity index (χ2v) is 2.05. The summed E-state index contributed by atoms with van der Waals surface area (Å²) in [6.07, 6.45) is 3.07. The van der Waals surface area contributed by atoms with Crippen LogP contribution in [-0.4, -0.2) is 26.7 Å². The summed E-state index contributed by atoms with van der Waals surface area (Å²) in [4.78, 5) is 6.18. The third-order valence-corrected chi connectivity index (χ3v) is 1.42. The van der Waals surface area contributed by atoms with E-state index in [1.807, 2.05) is 0 Å². The predicted octanol–water partition coefficient (Wildman–Crippen LogP) is -0.829. The lowest BCUT2D eigenvalue weighted by atomic mass is 10.6.